The normalized spacial score (nSPS) is 10.1. The zero-order valence-corrected chi connectivity index (χ0v) is 9.05. The Hall–Kier alpha value is -1.02. The Bertz CT molecular complexity index is 260. The van der Waals surface area contributed by atoms with Crippen molar-refractivity contribution >= 4 is 0 Å². The Labute approximate surface area is 86.3 Å². The van der Waals surface area contributed by atoms with Crippen LogP contribution >= 0.6 is 0 Å². The fourth-order valence-electron chi connectivity index (χ4n) is 1.25. The van der Waals surface area contributed by atoms with Gasteiger partial charge in [-0.2, -0.15) is 0 Å². The van der Waals surface area contributed by atoms with E-state index in [0.29, 0.717) is 0 Å². The third-order valence-electron chi connectivity index (χ3n) is 2.06. The molecule has 0 saturated carbocycles. The number of para-hydroxylation sites is 1. The molecular weight excluding hydrogens is 174 g/mol. The van der Waals surface area contributed by atoms with Crippen LogP contribution in [0.15, 0.2) is 24.3 Å². The minimum Gasteiger partial charge on any atom is -0.492 e. The molecule has 0 bridgehead atoms. The molecule has 0 atom stereocenters. The molecular formula is C12H19NO. The van der Waals surface area contributed by atoms with Gasteiger partial charge in [-0.15, -0.1) is 0 Å². The monoisotopic (exact) mass is 193 g/mol. The van der Waals surface area contributed by atoms with E-state index in [4.69, 9.17) is 4.74 Å². The molecule has 0 radical (unpaired) electrons. The van der Waals surface area contributed by atoms with Crippen molar-refractivity contribution in [1.29, 1.82) is 0 Å². The van der Waals surface area contributed by atoms with E-state index in [9.17, 15) is 0 Å². The summed E-state index contributed by atoms with van der Waals surface area (Å²) >= 11 is 0. The molecule has 2 nitrogen and oxygen atoms in total. The first-order valence-corrected chi connectivity index (χ1v) is 5.23. The molecule has 1 aromatic rings. The lowest BCUT2D eigenvalue weighted by atomic mass is 10.2. The van der Waals surface area contributed by atoms with Gasteiger partial charge in [0.05, 0.1) is 0 Å². The SMILES string of the molecule is CCCNCCOc1ccccc1C. The van der Waals surface area contributed by atoms with E-state index >= 15 is 0 Å². The Morgan fingerprint density at radius 2 is 2.00 bits per heavy atom. The lowest BCUT2D eigenvalue weighted by Gasteiger charge is -2.08. The van der Waals surface area contributed by atoms with Gasteiger partial charge in [0.2, 0.25) is 0 Å². The van der Waals surface area contributed by atoms with E-state index in [1.54, 1.807) is 0 Å². The molecule has 0 aliphatic carbocycles. The van der Waals surface area contributed by atoms with E-state index in [1.165, 1.54) is 12.0 Å². The highest BCUT2D eigenvalue weighted by molar-refractivity contribution is 5.31. The number of hydrogen-bond donors (Lipinski definition) is 1. The molecule has 0 saturated heterocycles. The van der Waals surface area contributed by atoms with Crippen molar-refractivity contribution in [2.75, 3.05) is 19.7 Å². The molecule has 0 amide bonds. The smallest absolute Gasteiger partial charge is 0.122 e. The number of nitrogens with one attached hydrogen (secondary N) is 1. The minimum absolute atomic E-state index is 0.741. The summed E-state index contributed by atoms with van der Waals surface area (Å²) in [6, 6.07) is 8.10. The molecule has 78 valence electrons. The van der Waals surface area contributed by atoms with Crippen molar-refractivity contribution in [2.24, 2.45) is 0 Å². The summed E-state index contributed by atoms with van der Waals surface area (Å²) in [5.74, 6) is 0.991. The van der Waals surface area contributed by atoms with Crippen LogP contribution in [0.4, 0.5) is 0 Å². The molecule has 0 heterocycles. The Morgan fingerprint density at radius 1 is 1.21 bits per heavy atom. The maximum absolute atomic E-state index is 5.62. The van der Waals surface area contributed by atoms with Crippen molar-refractivity contribution in [2.45, 2.75) is 20.3 Å². The summed E-state index contributed by atoms with van der Waals surface area (Å²) in [5.41, 5.74) is 1.20. The van der Waals surface area contributed by atoms with Crippen LogP contribution in [-0.4, -0.2) is 19.7 Å². The fraction of sp³-hybridized carbons (Fsp3) is 0.500. The summed E-state index contributed by atoms with van der Waals surface area (Å²) in [7, 11) is 0. The Balaban J connectivity index is 2.21. The van der Waals surface area contributed by atoms with Crippen molar-refractivity contribution in [3.8, 4) is 5.75 Å². The zero-order chi connectivity index (χ0) is 10.2. The molecule has 0 fully saturated rings. The molecule has 0 aliphatic heterocycles. The van der Waals surface area contributed by atoms with E-state index in [-0.39, 0.29) is 0 Å². The predicted molar refractivity (Wildman–Crippen MR) is 59.8 cm³/mol. The average molecular weight is 193 g/mol. The zero-order valence-electron chi connectivity index (χ0n) is 9.05. The van der Waals surface area contributed by atoms with Gasteiger partial charge in [0.25, 0.3) is 0 Å². The van der Waals surface area contributed by atoms with Gasteiger partial charge < -0.3 is 10.1 Å². The molecule has 1 aromatic carbocycles. The van der Waals surface area contributed by atoms with Gasteiger partial charge in [0.1, 0.15) is 12.4 Å². The highest BCUT2D eigenvalue weighted by Crippen LogP contribution is 2.15. The quantitative estimate of drug-likeness (QED) is 0.700. The first kappa shape index (κ1) is 11.1. The van der Waals surface area contributed by atoms with Gasteiger partial charge >= 0.3 is 0 Å². The highest BCUT2D eigenvalue weighted by atomic mass is 16.5. The summed E-state index contributed by atoms with van der Waals surface area (Å²) < 4.78 is 5.62. The molecule has 1 rings (SSSR count). The maximum atomic E-state index is 5.62. The predicted octanol–water partition coefficient (Wildman–Crippen LogP) is 2.37. The first-order chi connectivity index (χ1) is 6.84. The number of rotatable bonds is 6. The third kappa shape index (κ3) is 3.79. The maximum Gasteiger partial charge on any atom is 0.122 e. The fourth-order valence-corrected chi connectivity index (χ4v) is 1.25. The Morgan fingerprint density at radius 3 is 2.71 bits per heavy atom. The van der Waals surface area contributed by atoms with Gasteiger partial charge in [-0.1, -0.05) is 25.1 Å². The number of hydrogen-bond acceptors (Lipinski definition) is 2. The molecule has 1 N–H and O–H groups in total. The van der Waals surface area contributed by atoms with Gasteiger partial charge in [-0.05, 0) is 31.5 Å². The average Bonchev–Trinajstić information content (AvgIpc) is 2.20. The second-order valence-corrected chi connectivity index (χ2v) is 3.36. The second-order valence-electron chi connectivity index (χ2n) is 3.36. The van der Waals surface area contributed by atoms with Crippen LogP contribution in [0.1, 0.15) is 18.9 Å². The highest BCUT2D eigenvalue weighted by Gasteiger charge is 1.95. The van der Waals surface area contributed by atoms with E-state index < -0.39 is 0 Å². The molecule has 14 heavy (non-hydrogen) atoms. The summed E-state index contributed by atoms with van der Waals surface area (Å²) in [6.07, 6.45) is 1.17. The number of benzene rings is 1. The lowest BCUT2D eigenvalue weighted by molar-refractivity contribution is 0.312. The van der Waals surface area contributed by atoms with Crippen LogP contribution in [0, 0.1) is 6.92 Å². The van der Waals surface area contributed by atoms with Gasteiger partial charge in [0, 0.05) is 6.54 Å². The van der Waals surface area contributed by atoms with E-state index in [1.807, 2.05) is 18.2 Å². The molecule has 0 unspecified atom stereocenters. The molecule has 0 spiro atoms. The summed E-state index contributed by atoms with van der Waals surface area (Å²) in [4.78, 5) is 0. The van der Waals surface area contributed by atoms with Crippen molar-refractivity contribution in [1.82, 2.24) is 5.32 Å². The summed E-state index contributed by atoms with van der Waals surface area (Å²) in [5, 5.41) is 3.30. The van der Waals surface area contributed by atoms with Crippen LogP contribution < -0.4 is 10.1 Å². The first-order valence-electron chi connectivity index (χ1n) is 5.23. The van der Waals surface area contributed by atoms with Crippen LogP contribution in [-0.2, 0) is 0 Å². The number of ether oxygens (including phenoxy) is 1. The second kappa shape index (κ2) is 6.44. The van der Waals surface area contributed by atoms with Gasteiger partial charge in [-0.3, -0.25) is 0 Å². The van der Waals surface area contributed by atoms with Crippen LogP contribution in [0.2, 0.25) is 0 Å². The van der Waals surface area contributed by atoms with Crippen LogP contribution in [0.25, 0.3) is 0 Å². The van der Waals surface area contributed by atoms with Crippen molar-refractivity contribution in [3.63, 3.8) is 0 Å². The van der Waals surface area contributed by atoms with Gasteiger partial charge in [0.15, 0.2) is 0 Å². The van der Waals surface area contributed by atoms with E-state index in [2.05, 4.69) is 25.2 Å². The number of aryl methyl sites for hydroxylation is 1. The van der Waals surface area contributed by atoms with Gasteiger partial charge in [-0.25, -0.2) is 0 Å². The third-order valence-corrected chi connectivity index (χ3v) is 2.06. The largest absolute Gasteiger partial charge is 0.492 e. The van der Waals surface area contributed by atoms with Crippen molar-refractivity contribution < 1.29 is 4.74 Å². The van der Waals surface area contributed by atoms with Crippen molar-refractivity contribution in [3.05, 3.63) is 29.8 Å². The molecule has 2 heteroatoms. The Kier molecular flexibility index (Phi) is 5.08. The molecule has 0 aliphatic rings. The van der Waals surface area contributed by atoms with E-state index in [0.717, 1.165) is 25.4 Å². The standard InChI is InChI=1S/C12H19NO/c1-3-8-13-9-10-14-12-7-5-4-6-11(12)2/h4-7,13H,3,8-10H2,1-2H3. The summed E-state index contributed by atoms with van der Waals surface area (Å²) in [6.45, 7) is 6.95. The van der Waals surface area contributed by atoms with Crippen LogP contribution in [0.3, 0.4) is 0 Å². The van der Waals surface area contributed by atoms with Crippen LogP contribution in [0.5, 0.6) is 5.75 Å². The minimum atomic E-state index is 0.741. The lowest BCUT2D eigenvalue weighted by Crippen LogP contribution is -2.21. The topological polar surface area (TPSA) is 21.3 Å². The molecule has 0 aromatic heterocycles.